The highest BCUT2D eigenvalue weighted by atomic mass is 15.3. The zero-order chi connectivity index (χ0) is 13.5. The summed E-state index contributed by atoms with van der Waals surface area (Å²) in [7, 11) is 1.95. The predicted octanol–water partition coefficient (Wildman–Crippen LogP) is 1.97. The second kappa shape index (κ2) is 7.04. The number of aromatic nitrogens is 3. The van der Waals surface area contributed by atoms with Crippen LogP contribution < -0.4 is 5.32 Å². The lowest BCUT2D eigenvalue weighted by atomic mass is 10.0. The number of aryl methyl sites for hydroxylation is 2. The highest BCUT2D eigenvalue weighted by Gasteiger charge is 2.11. The van der Waals surface area contributed by atoms with Crippen molar-refractivity contribution in [2.24, 2.45) is 7.05 Å². The van der Waals surface area contributed by atoms with Crippen molar-refractivity contribution in [2.75, 3.05) is 6.54 Å². The maximum absolute atomic E-state index is 4.30. The molecule has 102 valence electrons. The molecule has 4 heteroatoms. The molecule has 0 amide bonds. The highest BCUT2D eigenvalue weighted by Crippen LogP contribution is 2.08. The van der Waals surface area contributed by atoms with E-state index in [1.807, 2.05) is 11.7 Å². The Hall–Kier alpha value is -1.68. The average molecular weight is 258 g/mol. The van der Waals surface area contributed by atoms with Crippen LogP contribution in [0.5, 0.6) is 0 Å². The molecule has 0 bridgehead atoms. The third-order valence-corrected chi connectivity index (χ3v) is 3.35. The van der Waals surface area contributed by atoms with Crippen LogP contribution in [0.3, 0.4) is 0 Å². The summed E-state index contributed by atoms with van der Waals surface area (Å²) in [5.74, 6) is 1.04. The monoisotopic (exact) mass is 258 g/mol. The molecule has 1 aromatic heterocycles. The number of rotatable bonds is 7. The van der Waals surface area contributed by atoms with Crippen LogP contribution in [-0.4, -0.2) is 27.4 Å². The van der Waals surface area contributed by atoms with Gasteiger partial charge in [-0.2, -0.15) is 5.10 Å². The molecule has 2 aromatic rings. The SMILES string of the molecule is CCNC(CCc1ccccc1)Cc1ncnn1C. The standard InChI is InChI=1S/C15H22N4/c1-3-16-14(11-15-17-12-18-19(15)2)10-9-13-7-5-4-6-8-13/h4-8,12,14,16H,3,9-11H2,1-2H3. The van der Waals surface area contributed by atoms with Crippen molar-refractivity contribution in [3.05, 3.63) is 48.0 Å². The number of likely N-dealkylation sites (N-methyl/N-ethyl adjacent to an activating group) is 1. The van der Waals surface area contributed by atoms with Crippen LogP contribution in [0.25, 0.3) is 0 Å². The number of hydrogen-bond acceptors (Lipinski definition) is 3. The zero-order valence-electron chi connectivity index (χ0n) is 11.7. The summed E-state index contributed by atoms with van der Waals surface area (Å²) in [6.07, 6.45) is 4.76. The molecule has 2 rings (SSSR count). The van der Waals surface area contributed by atoms with Gasteiger partial charge >= 0.3 is 0 Å². The topological polar surface area (TPSA) is 42.7 Å². The highest BCUT2D eigenvalue weighted by molar-refractivity contribution is 5.14. The molecule has 0 spiro atoms. The first kappa shape index (κ1) is 13.7. The van der Waals surface area contributed by atoms with Crippen LogP contribution in [0.4, 0.5) is 0 Å². The quantitative estimate of drug-likeness (QED) is 0.825. The van der Waals surface area contributed by atoms with Crippen molar-refractivity contribution in [1.82, 2.24) is 20.1 Å². The fourth-order valence-corrected chi connectivity index (χ4v) is 2.28. The lowest BCUT2D eigenvalue weighted by Crippen LogP contribution is -2.32. The van der Waals surface area contributed by atoms with Gasteiger partial charge in [0.2, 0.25) is 0 Å². The van der Waals surface area contributed by atoms with Gasteiger partial charge < -0.3 is 5.32 Å². The lowest BCUT2D eigenvalue weighted by molar-refractivity contribution is 0.473. The van der Waals surface area contributed by atoms with Gasteiger partial charge in [-0.1, -0.05) is 37.3 Å². The summed E-state index contributed by atoms with van der Waals surface area (Å²) in [6, 6.07) is 11.1. The van der Waals surface area contributed by atoms with Gasteiger partial charge in [0.15, 0.2) is 0 Å². The van der Waals surface area contributed by atoms with E-state index in [4.69, 9.17) is 0 Å². The smallest absolute Gasteiger partial charge is 0.138 e. The van der Waals surface area contributed by atoms with Crippen LogP contribution in [0.1, 0.15) is 24.7 Å². The van der Waals surface area contributed by atoms with Crippen molar-refractivity contribution in [1.29, 1.82) is 0 Å². The van der Waals surface area contributed by atoms with Crippen molar-refractivity contribution in [3.63, 3.8) is 0 Å². The molecule has 1 unspecified atom stereocenters. The molecule has 1 atom stereocenters. The molecule has 0 saturated carbocycles. The minimum Gasteiger partial charge on any atom is -0.314 e. The van der Waals surface area contributed by atoms with Gasteiger partial charge in [0, 0.05) is 19.5 Å². The summed E-state index contributed by atoms with van der Waals surface area (Å²) in [5, 5.41) is 7.66. The van der Waals surface area contributed by atoms with Crippen LogP contribution in [0, 0.1) is 0 Å². The fraction of sp³-hybridized carbons (Fsp3) is 0.467. The Labute approximate surface area is 114 Å². The number of nitrogens with zero attached hydrogens (tertiary/aromatic N) is 3. The third-order valence-electron chi connectivity index (χ3n) is 3.35. The number of hydrogen-bond donors (Lipinski definition) is 1. The van der Waals surface area contributed by atoms with Crippen molar-refractivity contribution < 1.29 is 0 Å². The molecule has 4 nitrogen and oxygen atoms in total. The van der Waals surface area contributed by atoms with Crippen LogP contribution >= 0.6 is 0 Å². The first-order valence-electron chi connectivity index (χ1n) is 6.89. The maximum atomic E-state index is 4.30. The first-order chi connectivity index (χ1) is 9.29. The molecule has 0 aliphatic heterocycles. The Morgan fingerprint density at radius 3 is 2.68 bits per heavy atom. The second-order valence-electron chi connectivity index (χ2n) is 4.78. The summed E-state index contributed by atoms with van der Waals surface area (Å²) < 4.78 is 1.85. The molecule has 0 aliphatic rings. The van der Waals surface area contributed by atoms with E-state index in [2.05, 4.69) is 52.7 Å². The van der Waals surface area contributed by atoms with E-state index in [0.29, 0.717) is 6.04 Å². The van der Waals surface area contributed by atoms with Crippen LogP contribution in [0.2, 0.25) is 0 Å². The molecule has 1 N–H and O–H groups in total. The summed E-state index contributed by atoms with van der Waals surface area (Å²) in [6.45, 7) is 3.13. The predicted molar refractivity (Wildman–Crippen MR) is 76.9 cm³/mol. The molecule has 19 heavy (non-hydrogen) atoms. The van der Waals surface area contributed by atoms with E-state index < -0.39 is 0 Å². The Balaban J connectivity index is 1.91. The maximum Gasteiger partial charge on any atom is 0.138 e. The largest absolute Gasteiger partial charge is 0.314 e. The second-order valence-corrected chi connectivity index (χ2v) is 4.78. The minimum absolute atomic E-state index is 0.452. The van der Waals surface area contributed by atoms with Gasteiger partial charge in [-0.05, 0) is 24.9 Å². The van der Waals surface area contributed by atoms with E-state index in [0.717, 1.165) is 31.6 Å². The van der Waals surface area contributed by atoms with Crippen molar-refractivity contribution in [2.45, 2.75) is 32.2 Å². The normalized spacial score (nSPS) is 12.5. The van der Waals surface area contributed by atoms with E-state index >= 15 is 0 Å². The van der Waals surface area contributed by atoms with Crippen molar-refractivity contribution >= 4 is 0 Å². The lowest BCUT2D eigenvalue weighted by Gasteiger charge is -2.17. The van der Waals surface area contributed by atoms with Gasteiger partial charge in [0.05, 0.1) is 0 Å². The van der Waals surface area contributed by atoms with Gasteiger partial charge in [-0.15, -0.1) is 0 Å². The Kier molecular flexibility index (Phi) is 5.10. The van der Waals surface area contributed by atoms with E-state index in [1.54, 1.807) is 6.33 Å². The summed E-state index contributed by atoms with van der Waals surface area (Å²) >= 11 is 0. The molecular formula is C15H22N4. The number of benzene rings is 1. The van der Waals surface area contributed by atoms with E-state index in [-0.39, 0.29) is 0 Å². The van der Waals surface area contributed by atoms with Gasteiger partial charge in [-0.25, -0.2) is 4.98 Å². The molecule has 0 fully saturated rings. The van der Waals surface area contributed by atoms with Gasteiger partial charge in [-0.3, -0.25) is 4.68 Å². The van der Waals surface area contributed by atoms with Gasteiger partial charge in [0.25, 0.3) is 0 Å². The minimum atomic E-state index is 0.452. The van der Waals surface area contributed by atoms with Crippen molar-refractivity contribution in [3.8, 4) is 0 Å². The average Bonchev–Trinajstić information content (AvgIpc) is 2.83. The first-order valence-corrected chi connectivity index (χ1v) is 6.89. The molecule has 1 aromatic carbocycles. The van der Waals surface area contributed by atoms with E-state index in [1.165, 1.54) is 5.56 Å². The van der Waals surface area contributed by atoms with E-state index in [9.17, 15) is 0 Å². The fourth-order valence-electron chi connectivity index (χ4n) is 2.28. The van der Waals surface area contributed by atoms with Gasteiger partial charge in [0.1, 0.15) is 12.2 Å². The molecule has 0 radical (unpaired) electrons. The Morgan fingerprint density at radius 2 is 2.05 bits per heavy atom. The summed E-state index contributed by atoms with van der Waals surface area (Å²) in [4.78, 5) is 4.30. The third kappa shape index (κ3) is 4.17. The molecule has 1 heterocycles. The van der Waals surface area contributed by atoms with Crippen LogP contribution in [0.15, 0.2) is 36.7 Å². The number of nitrogens with one attached hydrogen (secondary N) is 1. The van der Waals surface area contributed by atoms with Crippen LogP contribution in [-0.2, 0) is 19.9 Å². The summed E-state index contributed by atoms with van der Waals surface area (Å²) in [5.41, 5.74) is 1.39. The Morgan fingerprint density at radius 1 is 1.26 bits per heavy atom. The zero-order valence-corrected chi connectivity index (χ0v) is 11.7. The molecule has 0 aliphatic carbocycles. The molecule has 0 saturated heterocycles. The Bertz CT molecular complexity index is 478. The molecular weight excluding hydrogens is 236 g/mol.